The van der Waals surface area contributed by atoms with E-state index in [1.807, 2.05) is 48.9 Å². The molecule has 0 saturated carbocycles. The van der Waals surface area contributed by atoms with E-state index in [1.165, 1.54) is 17.7 Å². The van der Waals surface area contributed by atoms with E-state index < -0.39 is 11.8 Å². The number of ether oxygens (including phenoxy) is 2. The number of benzene rings is 2. The highest BCUT2D eigenvalue weighted by Crippen LogP contribution is 2.31. The topological polar surface area (TPSA) is 90.7 Å². The molecular weight excluding hydrogens is 499 g/mol. The van der Waals surface area contributed by atoms with Gasteiger partial charge in [-0.15, -0.1) is 0 Å². The molecule has 0 amide bonds. The molecule has 0 fully saturated rings. The van der Waals surface area contributed by atoms with E-state index in [4.69, 9.17) is 14.6 Å². The van der Waals surface area contributed by atoms with Crippen LogP contribution in [0.3, 0.4) is 0 Å². The molecule has 3 aromatic rings. The molecular formula is C31H37FN2O5. The average Bonchev–Trinajstić information content (AvgIpc) is 3.31. The second kappa shape index (κ2) is 14.7. The van der Waals surface area contributed by atoms with Gasteiger partial charge in [-0.25, -0.2) is 13.9 Å². The van der Waals surface area contributed by atoms with Crippen molar-refractivity contribution in [2.75, 3.05) is 14.2 Å². The molecule has 0 radical (unpaired) electrons. The fraction of sp³-hybridized carbons (Fsp3) is 0.323. The largest absolute Gasteiger partial charge is 0.493 e. The van der Waals surface area contributed by atoms with E-state index in [0.717, 1.165) is 35.9 Å². The second-order valence-corrected chi connectivity index (χ2v) is 9.01. The van der Waals surface area contributed by atoms with Gasteiger partial charge in [0.2, 0.25) is 0 Å². The number of ketones is 1. The number of aryl methyl sites for hydroxylation is 2. The number of Topliss-reactive ketones (excluding diaryl/α,β-unsaturated/α-hetero) is 1. The maximum Gasteiger partial charge on any atom is 0.335 e. The van der Waals surface area contributed by atoms with Crippen LogP contribution in [0.15, 0.2) is 60.2 Å². The number of carboxylic acids is 1. The molecule has 7 nitrogen and oxygen atoms in total. The average molecular weight is 537 g/mol. The number of nitrogens with zero attached hydrogens (tertiary/aromatic N) is 2. The summed E-state index contributed by atoms with van der Waals surface area (Å²) in [6.45, 7) is 9.75. The Labute approximate surface area is 229 Å². The third-order valence-electron chi connectivity index (χ3n) is 6.06. The standard InChI is InChI=1S/C23H30N2O3.C8H7FO2/c1-7-9-21(26)19-14-17(4)25(24-19)20(12-10-16(3)8-2)18-11-13-22(27-5)23(15-18)28-6;1-5-2-3-6(8(10)11)4-7(5)9/h10-15H,7-9H2,1-6H3;2-4H,1H3,(H,10,11)/b16-10?,20-12-;. The third kappa shape index (κ3) is 8.40. The number of aromatic carboxylic acids is 1. The molecule has 8 heteroatoms. The lowest BCUT2D eigenvalue weighted by molar-refractivity contribution is 0.0696. The van der Waals surface area contributed by atoms with Crippen LogP contribution in [-0.2, 0) is 0 Å². The van der Waals surface area contributed by atoms with E-state index >= 15 is 0 Å². The van der Waals surface area contributed by atoms with Gasteiger partial charge in [-0.1, -0.05) is 31.6 Å². The Bertz CT molecular complexity index is 1370. The van der Waals surface area contributed by atoms with Crippen molar-refractivity contribution in [2.24, 2.45) is 0 Å². The molecule has 1 N–H and O–H groups in total. The number of carboxylic acid groups (broad SMARTS) is 1. The van der Waals surface area contributed by atoms with Crippen molar-refractivity contribution >= 4 is 17.4 Å². The Hall–Kier alpha value is -4.20. The molecule has 0 atom stereocenters. The number of aromatic nitrogens is 2. The van der Waals surface area contributed by atoms with Crippen molar-refractivity contribution in [1.82, 2.24) is 9.78 Å². The maximum atomic E-state index is 12.7. The van der Waals surface area contributed by atoms with Crippen molar-refractivity contribution in [3.63, 3.8) is 0 Å². The highest BCUT2D eigenvalue weighted by Gasteiger charge is 2.16. The molecule has 1 heterocycles. The lowest BCUT2D eigenvalue weighted by Crippen LogP contribution is -2.06. The summed E-state index contributed by atoms with van der Waals surface area (Å²) < 4.78 is 25.3. The number of hydrogen-bond acceptors (Lipinski definition) is 5. The van der Waals surface area contributed by atoms with Crippen LogP contribution in [0.4, 0.5) is 4.39 Å². The van der Waals surface area contributed by atoms with Gasteiger partial charge in [-0.2, -0.15) is 5.10 Å². The van der Waals surface area contributed by atoms with Crippen LogP contribution in [0.5, 0.6) is 11.5 Å². The number of carbonyl (C=O) groups is 2. The summed E-state index contributed by atoms with van der Waals surface area (Å²) in [7, 11) is 3.23. The summed E-state index contributed by atoms with van der Waals surface area (Å²) >= 11 is 0. The molecule has 2 aromatic carbocycles. The first-order valence-electron chi connectivity index (χ1n) is 12.8. The minimum Gasteiger partial charge on any atom is -0.493 e. The van der Waals surface area contributed by atoms with Gasteiger partial charge in [0.1, 0.15) is 11.5 Å². The van der Waals surface area contributed by atoms with Crippen LogP contribution in [-0.4, -0.2) is 40.9 Å². The molecule has 0 aliphatic carbocycles. The molecule has 1 aromatic heterocycles. The van der Waals surface area contributed by atoms with Gasteiger partial charge < -0.3 is 14.6 Å². The molecule has 0 unspecified atom stereocenters. The van der Waals surface area contributed by atoms with Gasteiger partial charge >= 0.3 is 5.97 Å². The van der Waals surface area contributed by atoms with E-state index in [0.29, 0.717) is 29.2 Å². The summed E-state index contributed by atoms with van der Waals surface area (Å²) in [5.74, 6) is -0.207. The number of rotatable bonds is 10. The predicted molar refractivity (Wildman–Crippen MR) is 151 cm³/mol. The SMILES string of the molecule is CCCC(=O)c1cc(C)n(/C(=C\C=C(C)CC)c2ccc(OC)c(OC)c2)n1.Cc1ccc(C(=O)O)cc1F. The normalized spacial score (nSPS) is 11.5. The Kier molecular flexibility index (Phi) is 11.7. The van der Waals surface area contributed by atoms with Crippen LogP contribution in [0, 0.1) is 19.7 Å². The first-order valence-corrected chi connectivity index (χ1v) is 12.8. The van der Waals surface area contributed by atoms with Crippen molar-refractivity contribution < 1.29 is 28.6 Å². The highest BCUT2D eigenvalue weighted by atomic mass is 19.1. The first kappa shape index (κ1) is 31.0. The van der Waals surface area contributed by atoms with Gasteiger partial charge in [0.15, 0.2) is 17.3 Å². The summed E-state index contributed by atoms with van der Waals surface area (Å²) in [6, 6.07) is 11.5. The fourth-order valence-corrected chi connectivity index (χ4v) is 3.56. The Morgan fingerprint density at radius 2 is 1.64 bits per heavy atom. The van der Waals surface area contributed by atoms with E-state index in [1.54, 1.807) is 21.1 Å². The van der Waals surface area contributed by atoms with Gasteiger partial charge in [-0.05, 0) is 81.7 Å². The molecule has 0 aliphatic rings. The minimum absolute atomic E-state index is 0.0203. The van der Waals surface area contributed by atoms with Crippen molar-refractivity contribution in [3.05, 3.63) is 94.1 Å². The highest BCUT2D eigenvalue weighted by molar-refractivity contribution is 5.94. The molecule has 0 bridgehead atoms. The summed E-state index contributed by atoms with van der Waals surface area (Å²) in [5.41, 5.74) is 4.90. The second-order valence-electron chi connectivity index (χ2n) is 9.01. The Balaban J connectivity index is 0.000000404. The zero-order chi connectivity index (χ0) is 29.1. The summed E-state index contributed by atoms with van der Waals surface area (Å²) in [6.07, 6.45) is 6.39. The Morgan fingerprint density at radius 3 is 2.21 bits per heavy atom. The molecule has 0 saturated heterocycles. The van der Waals surface area contributed by atoms with Crippen LogP contribution < -0.4 is 9.47 Å². The predicted octanol–water partition coefficient (Wildman–Crippen LogP) is 7.27. The third-order valence-corrected chi connectivity index (χ3v) is 6.06. The monoisotopic (exact) mass is 536 g/mol. The van der Waals surface area contributed by atoms with Crippen LogP contribution in [0.2, 0.25) is 0 Å². The first-order chi connectivity index (χ1) is 18.6. The molecule has 0 spiro atoms. The zero-order valence-corrected chi connectivity index (χ0v) is 23.7. The zero-order valence-electron chi connectivity index (χ0n) is 23.7. The van der Waals surface area contributed by atoms with Gasteiger partial charge in [-0.3, -0.25) is 4.79 Å². The molecule has 39 heavy (non-hydrogen) atoms. The number of halogens is 1. The van der Waals surface area contributed by atoms with Crippen LogP contribution in [0.1, 0.15) is 77.7 Å². The molecule has 0 aliphatic heterocycles. The maximum absolute atomic E-state index is 12.7. The van der Waals surface area contributed by atoms with Crippen molar-refractivity contribution in [3.8, 4) is 11.5 Å². The minimum atomic E-state index is -1.11. The van der Waals surface area contributed by atoms with Gasteiger partial charge in [0.05, 0.1) is 25.5 Å². The van der Waals surface area contributed by atoms with Crippen molar-refractivity contribution in [1.29, 1.82) is 0 Å². The summed E-state index contributed by atoms with van der Waals surface area (Å²) in [4.78, 5) is 22.6. The lowest BCUT2D eigenvalue weighted by Gasteiger charge is -2.13. The number of methoxy groups -OCH3 is 2. The lowest BCUT2D eigenvalue weighted by atomic mass is 10.1. The summed E-state index contributed by atoms with van der Waals surface area (Å²) in [5, 5.41) is 13.0. The smallest absolute Gasteiger partial charge is 0.335 e. The number of carbonyl (C=O) groups excluding carboxylic acids is 1. The Morgan fingerprint density at radius 1 is 0.974 bits per heavy atom. The van der Waals surface area contributed by atoms with Crippen LogP contribution in [0.25, 0.3) is 5.70 Å². The quantitative estimate of drug-likeness (QED) is 0.216. The van der Waals surface area contributed by atoms with Gasteiger partial charge in [0.25, 0.3) is 0 Å². The van der Waals surface area contributed by atoms with Gasteiger partial charge in [0, 0.05) is 17.7 Å². The fourth-order valence-electron chi connectivity index (χ4n) is 3.56. The van der Waals surface area contributed by atoms with E-state index in [9.17, 15) is 14.0 Å². The number of allylic oxidation sites excluding steroid dienone is 3. The molecule has 3 rings (SSSR count). The number of hydrogen-bond donors (Lipinski definition) is 1. The molecule has 208 valence electrons. The van der Waals surface area contributed by atoms with E-state index in [2.05, 4.69) is 25.0 Å². The van der Waals surface area contributed by atoms with Crippen molar-refractivity contribution in [2.45, 2.75) is 53.9 Å². The van der Waals surface area contributed by atoms with E-state index in [-0.39, 0.29) is 11.3 Å². The van der Waals surface area contributed by atoms with Crippen LogP contribution >= 0.6 is 0 Å².